The number of ether oxygens (including phenoxy) is 1. The number of hydrogen-bond donors (Lipinski definition) is 1. The third-order valence-corrected chi connectivity index (χ3v) is 3.78. The highest BCUT2D eigenvalue weighted by Gasteiger charge is 2.11. The molecule has 0 aliphatic carbocycles. The van der Waals surface area contributed by atoms with Crippen molar-refractivity contribution in [2.24, 2.45) is 0 Å². The van der Waals surface area contributed by atoms with Crippen molar-refractivity contribution >= 4 is 5.91 Å². The summed E-state index contributed by atoms with van der Waals surface area (Å²) in [5, 5.41) is 3.04. The van der Waals surface area contributed by atoms with E-state index in [1.165, 1.54) is 0 Å². The standard InChI is InChI=1S/C20H26N2O2/c1-4-24-19-12-10-17(11-13-19)14-22(3)15-20(23)21-16(2)18-8-6-5-7-9-18/h5-13,16H,4,14-15H2,1-3H3,(H,21,23). The van der Waals surface area contributed by atoms with Gasteiger partial charge < -0.3 is 10.1 Å². The van der Waals surface area contributed by atoms with Crippen LogP contribution < -0.4 is 10.1 Å². The van der Waals surface area contributed by atoms with Crippen molar-refractivity contribution in [3.8, 4) is 5.75 Å². The molecule has 0 heterocycles. The van der Waals surface area contributed by atoms with Crippen molar-refractivity contribution in [2.75, 3.05) is 20.2 Å². The van der Waals surface area contributed by atoms with Gasteiger partial charge in [-0.1, -0.05) is 42.5 Å². The van der Waals surface area contributed by atoms with Gasteiger partial charge in [0, 0.05) is 6.54 Å². The summed E-state index contributed by atoms with van der Waals surface area (Å²) in [5.41, 5.74) is 2.27. The van der Waals surface area contributed by atoms with E-state index in [9.17, 15) is 4.79 Å². The van der Waals surface area contributed by atoms with Gasteiger partial charge in [0.15, 0.2) is 0 Å². The van der Waals surface area contributed by atoms with E-state index in [1.807, 2.05) is 80.4 Å². The Balaban J connectivity index is 1.80. The number of rotatable bonds is 8. The van der Waals surface area contributed by atoms with Crippen molar-refractivity contribution in [3.63, 3.8) is 0 Å². The zero-order valence-electron chi connectivity index (χ0n) is 14.7. The van der Waals surface area contributed by atoms with Gasteiger partial charge in [-0.05, 0) is 44.2 Å². The number of nitrogens with zero attached hydrogens (tertiary/aromatic N) is 1. The molecule has 1 unspecified atom stereocenters. The SMILES string of the molecule is CCOc1ccc(CN(C)CC(=O)NC(C)c2ccccc2)cc1. The number of carbonyl (C=O) groups is 1. The Morgan fingerprint density at radius 1 is 1.12 bits per heavy atom. The molecular formula is C20H26N2O2. The van der Waals surface area contributed by atoms with Crippen LogP contribution in [0.2, 0.25) is 0 Å². The lowest BCUT2D eigenvalue weighted by Gasteiger charge is -2.19. The maximum atomic E-state index is 12.2. The lowest BCUT2D eigenvalue weighted by molar-refractivity contribution is -0.122. The quantitative estimate of drug-likeness (QED) is 0.808. The Labute approximate surface area is 144 Å². The molecule has 128 valence electrons. The van der Waals surface area contributed by atoms with Crippen molar-refractivity contribution < 1.29 is 9.53 Å². The third-order valence-electron chi connectivity index (χ3n) is 3.78. The minimum atomic E-state index is 0.0116. The molecule has 0 spiro atoms. The highest BCUT2D eigenvalue weighted by molar-refractivity contribution is 5.78. The van der Waals surface area contributed by atoms with Crippen LogP contribution in [0.4, 0.5) is 0 Å². The summed E-state index contributed by atoms with van der Waals surface area (Å²) in [6.07, 6.45) is 0. The van der Waals surface area contributed by atoms with Crippen LogP contribution in [0.1, 0.15) is 31.0 Å². The average molecular weight is 326 g/mol. The molecule has 2 aromatic carbocycles. The van der Waals surface area contributed by atoms with E-state index in [0.717, 1.165) is 23.4 Å². The highest BCUT2D eigenvalue weighted by atomic mass is 16.5. The Morgan fingerprint density at radius 3 is 2.42 bits per heavy atom. The Morgan fingerprint density at radius 2 is 1.79 bits per heavy atom. The molecule has 0 bridgehead atoms. The lowest BCUT2D eigenvalue weighted by Crippen LogP contribution is -2.36. The van der Waals surface area contributed by atoms with Crippen LogP contribution in [0.15, 0.2) is 54.6 Å². The van der Waals surface area contributed by atoms with Crippen LogP contribution in [-0.2, 0) is 11.3 Å². The molecule has 1 amide bonds. The normalized spacial score (nSPS) is 12.0. The van der Waals surface area contributed by atoms with Gasteiger partial charge in [-0.25, -0.2) is 0 Å². The zero-order chi connectivity index (χ0) is 17.4. The first-order valence-corrected chi connectivity index (χ1v) is 8.33. The van der Waals surface area contributed by atoms with E-state index in [0.29, 0.717) is 13.2 Å². The molecular weight excluding hydrogens is 300 g/mol. The Hall–Kier alpha value is -2.33. The third kappa shape index (κ3) is 5.70. The topological polar surface area (TPSA) is 41.6 Å². The number of amides is 1. The summed E-state index contributed by atoms with van der Waals surface area (Å²) < 4.78 is 5.44. The second-order valence-electron chi connectivity index (χ2n) is 5.95. The number of nitrogens with one attached hydrogen (secondary N) is 1. The van der Waals surface area contributed by atoms with Crippen LogP contribution in [0.3, 0.4) is 0 Å². The Kier molecular flexibility index (Phi) is 6.82. The fourth-order valence-corrected chi connectivity index (χ4v) is 2.58. The van der Waals surface area contributed by atoms with Crippen molar-refractivity contribution in [1.29, 1.82) is 0 Å². The summed E-state index contributed by atoms with van der Waals surface area (Å²) in [6, 6.07) is 18.0. The van der Waals surface area contributed by atoms with E-state index in [1.54, 1.807) is 0 Å². The maximum absolute atomic E-state index is 12.2. The minimum absolute atomic E-state index is 0.0116. The molecule has 0 saturated heterocycles. The van der Waals surface area contributed by atoms with E-state index >= 15 is 0 Å². The molecule has 2 rings (SSSR count). The molecule has 0 fully saturated rings. The molecule has 2 aromatic rings. The summed E-state index contributed by atoms with van der Waals surface area (Å²) >= 11 is 0. The molecule has 24 heavy (non-hydrogen) atoms. The molecule has 0 saturated carbocycles. The number of carbonyl (C=O) groups excluding carboxylic acids is 1. The van der Waals surface area contributed by atoms with Gasteiger partial charge in [0.25, 0.3) is 0 Å². The number of hydrogen-bond acceptors (Lipinski definition) is 3. The van der Waals surface area contributed by atoms with E-state index in [-0.39, 0.29) is 11.9 Å². The summed E-state index contributed by atoms with van der Waals surface area (Å²) in [7, 11) is 1.95. The first-order valence-electron chi connectivity index (χ1n) is 8.33. The molecule has 0 aliphatic rings. The van der Waals surface area contributed by atoms with Gasteiger partial charge in [-0.3, -0.25) is 9.69 Å². The fourth-order valence-electron chi connectivity index (χ4n) is 2.58. The second kappa shape index (κ2) is 9.08. The van der Waals surface area contributed by atoms with E-state index in [2.05, 4.69) is 5.32 Å². The molecule has 0 radical (unpaired) electrons. The van der Waals surface area contributed by atoms with Crippen molar-refractivity contribution in [1.82, 2.24) is 10.2 Å². The van der Waals surface area contributed by atoms with Gasteiger partial charge in [0.1, 0.15) is 5.75 Å². The lowest BCUT2D eigenvalue weighted by atomic mass is 10.1. The minimum Gasteiger partial charge on any atom is -0.494 e. The summed E-state index contributed by atoms with van der Waals surface area (Å²) in [6.45, 7) is 5.72. The van der Waals surface area contributed by atoms with Crippen LogP contribution in [0, 0.1) is 0 Å². The fraction of sp³-hybridized carbons (Fsp3) is 0.350. The van der Waals surface area contributed by atoms with E-state index < -0.39 is 0 Å². The van der Waals surface area contributed by atoms with Gasteiger partial charge in [-0.15, -0.1) is 0 Å². The zero-order valence-corrected chi connectivity index (χ0v) is 14.7. The van der Waals surface area contributed by atoms with E-state index in [4.69, 9.17) is 4.74 Å². The first kappa shape index (κ1) is 18.0. The van der Waals surface area contributed by atoms with Crippen molar-refractivity contribution in [3.05, 3.63) is 65.7 Å². The molecule has 1 atom stereocenters. The molecule has 4 heteroatoms. The second-order valence-corrected chi connectivity index (χ2v) is 5.95. The predicted octanol–water partition coefficient (Wildman–Crippen LogP) is 3.39. The average Bonchev–Trinajstić information content (AvgIpc) is 2.57. The van der Waals surface area contributed by atoms with Crippen LogP contribution >= 0.6 is 0 Å². The number of benzene rings is 2. The predicted molar refractivity (Wildman–Crippen MR) is 96.9 cm³/mol. The summed E-state index contributed by atoms with van der Waals surface area (Å²) in [4.78, 5) is 14.2. The van der Waals surface area contributed by atoms with Crippen LogP contribution in [0.5, 0.6) is 5.75 Å². The van der Waals surface area contributed by atoms with Crippen molar-refractivity contribution in [2.45, 2.75) is 26.4 Å². The largest absolute Gasteiger partial charge is 0.494 e. The molecule has 0 aliphatic heterocycles. The van der Waals surface area contributed by atoms with Gasteiger partial charge in [-0.2, -0.15) is 0 Å². The maximum Gasteiger partial charge on any atom is 0.234 e. The van der Waals surface area contributed by atoms with Crippen LogP contribution in [-0.4, -0.2) is 31.0 Å². The smallest absolute Gasteiger partial charge is 0.234 e. The Bertz CT molecular complexity index is 626. The molecule has 0 aromatic heterocycles. The van der Waals surface area contributed by atoms with Gasteiger partial charge in [0.2, 0.25) is 5.91 Å². The molecule has 1 N–H and O–H groups in total. The number of likely N-dealkylation sites (N-methyl/N-ethyl adjacent to an activating group) is 1. The van der Waals surface area contributed by atoms with Gasteiger partial charge >= 0.3 is 0 Å². The van der Waals surface area contributed by atoms with Gasteiger partial charge in [0.05, 0.1) is 19.2 Å². The monoisotopic (exact) mass is 326 g/mol. The first-order chi connectivity index (χ1) is 11.6. The highest BCUT2D eigenvalue weighted by Crippen LogP contribution is 2.14. The molecule has 4 nitrogen and oxygen atoms in total. The summed E-state index contributed by atoms with van der Waals surface area (Å²) in [5.74, 6) is 0.901. The van der Waals surface area contributed by atoms with Crippen LogP contribution in [0.25, 0.3) is 0 Å².